The number of carbonyl (C=O) groups excluding carboxylic acids is 1. The van der Waals surface area contributed by atoms with E-state index in [0.29, 0.717) is 23.1 Å². The highest BCUT2D eigenvalue weighted by molar-refractivity contribution is 6.30. The third kappa shape index (κ3) is 5.29. The van der Waals surface area contributed by atoms with E-state index in [0.717, 1.165) is 12.8 Å². The van der Waals surface area contributed by atoms with Crippen molar-refractivity contribution in [2.45, 2.75) is 58.0 Å². The quantitative estimate of drug-likeness (QED) is 0.881. The Morgan fingerprint density at radius 1 is 1.18 bits per heavy atom. The zero-order valence-electron chi connectivity index (χ0n) is 13.9. The van der Waals surface area contributed by atoms with Gasteiger partial charge in [-0.1, -0.05) is 11.6 Å². The van der Waals surface area contributed by atoms with Crippen LogP contribution in [0.4, 0.5) is 0 Å². The smallest absolute Gasteiger partial charge is 0.170 e. The van der Waals surface area contributed by atoms with Gasteiger partial charge in [0.25, 0.3) is 0 Å². The first-order valence-corrected chi connectivity index (χ1v) is 8.22. The first kappa shape index (κ1) is 17.3. The minimum atomic E-state index is 0.0731. The largest absolute Gasteiger partial charge is 0.486 e. The van der Waals surface area contributed by atoms with Crippen LogP contribution in [-0.2, 0) is 4.79 Å². The van der Waals surface area contributed by atoms with Crippen molar-refractivity contribution in [3.8, 4) is 5.75 Å². The topological polar surface area (TPSA) is 38.3 Å². The minimum Gasteiger partial charge on any atom is -0.486 e. The number of rotatable bonds is 5. The number of benzene rings is 1. The lowest BCUT2D eigenvalue weighted by atomic mass is 9.74. The van der Waals surface area contributed by atoms with Crippen LogP contribution >= 0.6 is 11.6 Å². The average molecular weight is 324 g/mol. The van der Waals surface area contributed by atoms with Gasteiger partial charge in [-0.25, -0.2) is 0 Å². The number of hydrogen-bond acceptors (Lipinski definition) is 3. The number of nitrogens with one attached hydrogen (secondary N) is 1. The van der Waals surface area contributed by atoms with E-state index in [4.69, 9.17) is 16.3 Å². The number of Topliss-reactive ketones (excluding diaryl/α,β-unsaturated/α-hetero) is 1. The summed E-state index contributed by atoms with van der Waals surface area (Å²) in [5.74, 6) is 1.25. The van der Waals surface area contributed by atoms with Gasteiger partial charge in [0.15, 0.2) is 5.78 Å². The molecule has 1 saturated heterocycles. The minimum absolute atomic E-state index is 0.0731. The standard InChI is InChI=1S/C18H26ClNO2/c1-17(2)10-13(11-18(3,4)20-17)9-15(21)12-22-16-7-5-14(19)6-8-16/h5-8,13,20H,9-12H2,1-4H3. The van der Waals surface area contributed by atoms with Crippen LogP contribution in [0.15, 0.2) is 24.3 Å². The number of carbonyl (C=O) groups is 1. The van der Waals surface area contributed by atoms with Crippen molar-refractivity contribution in [2.24, 2.45) is 5.92 Å². The molecule has 0 saturated carbocycles. The number of halogens is 1. The number of ether oxygens (including phenoxy) is 1. The predicted octanol–water partition coefficient (Wildman–Crippen LogP) is 4.23. The number of piperidine rings is 1. The molecule has 0 unspecified atom stereocenters. The maximum absolute atomic E-state index is 12.2. The zero-order chi connectivity index (χ0) is 16.4. The fourth-order valence-corrected chi connectivity index (χ4v) is 3.88. The molecule has 1 aromatic carbocycles. The number of hydrogen-bond donors (Lipinski definition) is 1. The highest BCUT2D eigenvalue weighted by Crippen LogP contribution is 2.34. The lowest BCUT2D eigenvalue weighted by Crippen LogP contribution is -2.58. The van der Waals surface area contributed by atoms with E-state index in [1.165, 1.54) is 0 Å². The van der Waals surface area contributed by atoms with Crippen molar-refractivity contribution in [1.82, 2.24) is 5.32 Å². The average Bonchev–Trinajstić information content (AvgIpc) is 2.34. The Kier molecular flexibility index (Phi) is 5.18. The lowest BCUT2D eigenvalue weighted by Gasteiger charge is -2.46. The molecule has 1 fully saturated rings. The summed E-state index contributed by atoms with van der Waals surface area (Å²) in [7, 11) is 0. The Bertz CT molecular complexity index is 506. The van der Waals surface area contributed by atoms with Gasteiger partial charge in [0.1, 0.15) is 12.4 Å². The van der Waals surface area contributed by atoms with Crippen LogP contribution in [0.3, 0.4) is 0 Å². The molecule has 1 N–H and O–H groups in total. The van der Waals surface area contributed by atoms with Gasteiger partial charge in [-0.3, -0.25) is 4.79 Å². The molecule has 1 heterocycles. The Hall–Kier alpha value is -1.06. The molecule has 2 rings (SSSR count). The molecule has 0 aliphatic carbocycles. The second-order valence-electron chi connectivity index (χ2n) is 7.65. The summed E-state index contributed by atoms with van der Waals surface area (Å²) in [6.45, 7) is 8.95. The molecule has 22 heavy (non-hydrogen) atoms. The van der Waals surface area contributed by atoms with Crippen molar-refractivity contribution in [3.63, 3.8) is 0 Å². The molecule has 1 aliphatic heterocycles. The Morgan fingerprint density at radius 2 is 1.73 bits per heavy atom. The van der Waals surface area contributed by atoms with Crippen molar-refractivity contribution in [1.29, 1.82) is 0 Å². The molecule has 0 atom stereocenters. The van der Waals surface area contributed by atoms with Crippen LogP contribution < -0.4 is 10.1 Å². The van der Waals surface area contributed by atoms with Crippen LogP contribution in [0.5, 0.6) is 5.75 Å². The van der Waals surface area contributed by atoms with E-state index in [1.807, 2.05) is 0 Å². The van der Waals surface area contributed by atoms with E-state index in [2.05, 4.69) is 33.0 Å². The summed E-state index contributed by atoms with van der Waals surface area (Å²) in [6.07, 6.45) is 2.62. The van der Waals surface area contributed by atoms with Gasteiger partial charge in [-0.05, 0) is 70.7 Å². The Labute approximate surface area is 138 Å². The van der Waals surface area contributed by atoms with Gasteiger partial charge >= 0.3 is 0 Å². The summed E-state index contributed by atoms with van der Waals surface area (Å²) < 4.78 is 5.54. The first-order chi connectivity index (χ1) is 10.2. The molecule has 4 heteroatoms. The van der Waals surface area contributed by atoms with Crippen LogP contribution in [0.2, 0.25) is 5.02 Å². The summed E-state index contributed by atoms with van der Waals surface area (Å²) >= 11 is 5.83. The van der Waals surface area contributed by atoms with Gasteiger partial charge < -0.3 is 10.1 Å². The van der Waals surface area contributed by atoms with Gasteiger partial charge in [0.05, 0.1) is 0 Å². The van der Waals surface area contributed by atoms with Crippen molar-refractivity contribution in [2.75, 3.05) is 6.61 Å². The van der Waals surface area contributed by atoms with E-state index in [9.17, 15) is 4.79 Å². The fourth-order valence-electron chi connectivity index (χ4n) is 3.75. The second-order valence-corrected chi connectivity index (χ2v) is 8.09. The molecular formula is C18H26ClNO2. The van der Waals surface area contributed by atoms with Gasteiger partial charge in [-0.2, -0.15) is 0 Å². The number of ketones is 1. The van der Waals surface area contributed by atoms with Gasteiger partial charge in [0.2, 0.25) is 0 Å². The van der Waals surface area contributed by atoms with Gasteiger partial charge in [-0.15, -0.1) is 0 Å². The summed E-state index contributed by atoms with van der Waals surface area (Å²) in [5, 5.41) is 4.31. The normalized spacial score (nSPS) is 20.6. The molecular weight excluding hydrogens is 298 g/mol. The maximum atomic E-state index is 12.2. The highest BCUT2D eigenvalue weighted by atomic mass is 35.5. The van der Waals surface area contributed by atoms with E-state index >= 15 is 0 Å². The Morgan fingerprint density at radius 3 is 2.27 bits per heavy atom. The van der Waals surface area contributed by atoms with Crippen LogP contribution in [-0.4, -0.2) is 23.5 Å². The van der Waals surface area contributed by atoms with E-state index in [-0.39, 0.29) is 23.5 Å². The van der Waals surface area contributed by atoms with E-state index in [1.54, 1.807) is 24.3 Å². The maximum Gasteiger partial charge on any atom is 0.170 e. The van der Waals surface area contributed by atoms with Crippen LogP contribution in [0.1, 0.15) is 47.0 Å². The van der Waals surface area contributed by atoms with Crippen LogP contribution in [0, 0.1) is 5.92 Å². The van der Waals surface area contributed by atoms with Gasteiger partial charge in [0, 0.05) is 22.5 Å². The van der Waals surface area contributed by atoms with Crippen molar-refractivity contribution < 1.29 is 9.53 Å². The molecule has 0 spiro atoms. The molecule has 1 aromatic rings. The predicted molar refractivity (Wildman–Crippen MR) is 90.6 cm³/mol. The molecule has 0 aromatic heterocycles. The molecule has 0 radical (unpaired) electrons. The molecule has 1 aliphatic rings. The highest BCUT2D eigenvalue weighted by Gasteiger charge is 2.38. The first-order valence-electron chi connectivity index (χ1n) is 7.85. The van der Waals surface area contributed by atoms with Crippen LogP contribution in [0.25, 0.3) is 0 Å². The lowest BCUT2D eigenvalue weighted by molar-refractivity contribution is -0.122. The third-order valence-corrected chi connectivity index (χ3v) is 4.26. The fraction of sp³-hybridized carbons (Fsp3) is 0.611. The van der Waals surface area contributed by atoms with E-state index < -0.39 is 0 Å². The molecule has 122 valence electrons. The zero-order valence-corrected chi connectivity index (χ0v) is 14.7. The Balaban J connectivity index is 1.85. The molecule has 0 amide bonds. The monoisotopic (exact) mass is 323 g/mol. The second kappa shape index (κ2) is 6.59. The molecule has 0 bridgehead atoms. The van der Waals surface area contributed by atoms with Crippen molar-refractivity contribution in [3.05, 3.63) is 29.3 Å². The summed E-state index contributed by atoms with van der Waals surface area (Å²) in [6, 6.07) is 7.09. The SMILES string of the molecule is CC1(C)CC(CC(=O)COc2ccc(Cl)cc2)CC(C)(C)N1. The van der Waals surface area contributed by atoms with Crippen molar-refractivity contribution >= 4 is 17.4 Å². The third-order valence-electron chi connectivity index (χ3n) is 4.00. The molecule has 3 nitrogen and oxygen atoms in total. The summed E-state index contributed by atoms with van der Waals surface area (Å²) in [4.78, 5) is 12.2. The summed E-state index contributed by atoms with van der Waals surface area (Å²) in [5.41, 5.74) is 0.146.